The molecule has 0 amide bonds. The maximum absolute atomic E-state index is 11.7. The number of rotatable bonds is 2. The normalized spacial score (nSPS) is 15.6. The van der Waals surface area contributed by atoms with Gasteiger partial charge in [-0.1, -0.05) is 13.8 Å². The van der Waals surface area contributed by atoms with Crippen molar-refractivity contribution in [2.45, 2.75) is 39.5 Å². The van der Waals surface area contributed by atoms with Gasteiger partial charge in [0.15, 0.2) is 10.8 Å². The van der Waals surface area contributed by atoms with E-state index in [0.29, 0.717) is 0 Å². The molecule has 1 heterocycles. The Morgan fingerprint density at radius 1 is 1.36 bits per heavy atom. The van der Waals surface area contributed by atoms with Crippen LogP contribution in [0.4, 0.5) is 0 Å². The maximum Gasteiger partial charge on any atom is 0.193 e. The molecule has 14 heavy (non-hydrogen) atoms. The van der Waals surface area contributed by atoms with Gasteiger partial charge in [-0.15, -0.1) is 11.3 Å². The molecule has 76 valence electrons. The molecule has 0 aromatic carbocycles. The van der Waals surface area contributed by atoms with Crippen LogP contribution in [0.3, 0.4) is 0 Å². The van der Waals surface area contributed by atoms with Crippen LogP contribution in [0.15, 0.2) is 0 Å². The van der Waals surface area contributed by atoms with Gasteiger partial charge in [-0.05, 0) is 25.7 Å². The molecule has 0 saturated heterocycles. The Bertz CT molecular complexity index is 331. The van der Waals surface area contributed by atoms with Crippen molar-refractivity contribution >= 4 is 17.1 Å². The van der Waals surface area contributed by atoms with E-state index in [1.807, 2.05) is 13.8 Å². The molecule has 1 aliphatic carbocycles. The minimum atomic E-state index is 0.0719. The SMILES string of the molecule is CC(C)C(=O)c1nc2c(s1)CCCC2. The van der Waals surface area contributed by atoms with E-state index in [9.17, 15) is 4.79 Å². The molecule has 0 atom stereocenters. The zero-order valence-corrected chi connectivity index (χ0v) is 9.49. The second kappa shape index (κ2) is 3.81. The Morgan fingerprint density at radius 2 is 2.07 bits per heavy atom. The lowest BCUT2D eigenvalue weighted by Gasteiger charge is -2.06. The van der Waals surface area contributed by atoms with Crippen LogP contribution < -0.4 is 0 Å². The standard InChI is InChI=1S/C11H15NOS/c1-7(2)10(13)11-12-8-5-3-4-6-9(8)14-11/h7H,3-6H2,1-2H3. The lowest BCUT2D eigenvalue weighted by atomic mass is 10.0. The Kier molecular flexibility index (Phi) is 2.68. The number of hydrogen-bond donors (Lipinski definition) is 0. The number of Topliss-reactive ketones (excluding diaryl/α,β-unsaturated/α-hetero) is 1. The van der Waals surface area contributed by atoms with Crippen LogP contribution in [-0.4, -0.2) is 10.8 Å². The zero-order valence-electron chi connectivity index (χ0n) is 8.67. The van der Waals surface area contributed by atoms with Crippen molar-refractivity contribution in [3.63, 3.8) is 0 Å². The van der Waals surface area contributed by atoms with Crippen molar-refractivity contribution in [2.24, 2.45) is 5.92 Å². The predicted molar refractivity (Wildman–Crippen MR) is 57.9 cm³/mol. The van der Waals surface area contributed by atoms with Crippen molar-refractivity contribution in [1.82, 2.24) is 4.98 Å². The van der Waals surface area contributed by atoms with Crippen LogP contribution in [-0.2, 0) is 12.8 Å². The smallest absolute Gasteiger partial charge is 0.193 e. The van der Waals surface area contributed by atoms with Gasteiger partial charge in [0.05, 0.1) is 5.69 Å². The highest BCUT2D eigenvalue weighted by atomic mass is 32.1. The van der Waals surface area contributed by atoms with E-state index in [1.54, 1.807) is 11.3 Å². The number of hydrogen-bond acceptors (Lipinski definition) is 3. The van der Waals surface area contributed by atoms with Gasteiger partial charge in [0.25, 0.3) is 0 Å². The zero-order chi connectivity index (χ0) is 10.1. The molecule has 0 aliphatic heterocycles. The Labute approximate surface area is 88.4 Å². The van der Waals surface area contributed by atoms with Crippen LogP contribution in [0.1, 0.15) is 47.1 Å². The first-order chi connectivity index (χ1) is 6.68. The lowest BCUT2D eigenvalue weighted by molar-refractivity contribution is 0.0939. The van der Waals surface area contributed by atoms with E-state index < -0.39 is 0 Å². The Hall–Kier alpha value is -0.700. The van der Waals surface area contributed by atoms with Crippen LogP contribution >= 0.6 is 11.3 Å². The summed E-state index contributed by atoms with van der Waals surface area (Å²) in [5, 5.41) is 0.729. The summed E-state index contributed by atoms with van der Waals surface area (Å²) in [6.45, 7) is 3.87. The molecule has 2 nitrogen and oxygen atoms in total. The largest absolute Gasteiger partial charge is 0.291 e. The van der Waals surface area contributed by atoms with Crippen LogP contribution in [0.2, 0.25) is 0 Å². The topological polar surface area (TPSA) is 30.0 Å². The summed E-state index contributed by atoms with van der Waals surface area (Å²) >= 11 is 1.61. The van der Waals surface area contributed by atoms with Crippen LogP contribution in [0, 0.1) is 5.92 Å². The summed E-state index contributed by atoms with van der Waals surface area (Å²) < 4.78 is 0. The first-order valence-electron chi connectivity index (χ1n) is 5.21. The van der Waals surface area contributed by atoms with E-state index >= 15 is 0 Å². The first kappa shape index (κ1) is 9.84. The third-order valence-corrected chi connectivity index (χ3v) is 3.75. The molecule has 3 heteroatoms. The molecule has 0 radical (unpaired) electrons. The van der Waals surface area contributed by atoms with E-state index in [2.05, 4.69) is 4.98 Å². The number of fused-ring (bicyclic) bond motifs is 1. The molecule has 1 aliphatic rings. The summed E-state index contributed by atoms with van der Waals surface area (Å²) in [4.78, 5) is 17.5. The number of nitrogens with zero attached hydrogens (tertiary/aromatic N) is 1. The van der Waals surface area contributed by atoms with Gasteiger partial charge < -0.3 is 0 Å². The molecular weight excluding hydrogens is 194 g/mol. The molecule has 1 aromatic rings. The number of thiazole rings is 1. The summed E-state index contributed by atoms with van der Waals surface area (Å²) in [7, 11) is 0. The van der Waals surface area contributed by atoms with Gasteiger partial charge in [0.2, 0.25) is 0 Å². The van der Waals surface area contributed by atoms with Gasteiger partial charge >= 0.3 is 0 Å². The van der Waals surface area contributed by atoms with Crippen molar-refractivity contribution in [2.75, 3.05) is 0 Å². The van der Waals surface area contributed by atoms with Gasteiger partial charge in [0.1, 0.15) is 0 Å². The van der Waals surface area contributed by atoms with E-state index in [-0.39, 0.29) is 11.7 Å². The Balaban J connectivity index is 2.28. The highest BCUT2D eigenvalue weighted by Gasteiger charge is 2.20. The molecule has 0 unspecified atom stereocenters. The van der Waals surface area contributed by atoms with Gasteiger partial charge in [-0.3, -0.25) is 4.79 Å². The molecule has 0 N–H and O–H groups in total. The number of aromatic nitrogens is 1. The predicted octanol–water partition coefficient (Wildman–Crippen LogP) is 2.86. The highest BCUT2D eigenvalue weighted by Crippen LogP contribution is 2.27. The number of carbonyl (C=O) groups excluding carboxylic acids is 1. The molecule has 1 aromatic heterocycles. The van der Waals surface area contributed by atoms with Crippen LogP contribution in [0.5, 0.6) is 0 Å². The van der Waals surface area contributed by atoms with Gasteiger partial charge in [-0.2, -0.15) is 0 Å². The quantitative estimate of drug-likeness (QED) is 0.701. The van der Waals surface area contributed by atoms with Crippen molar-refractivity contribution < 1.29 is 4.79 Å². The Morgan fingerprint density at radius 3 is 2.71 bits per heavy atom. The fraction of sp³-hybridized carbons (Fsp3) is 0.636. The summed E-state index contributed by atoms with van der Waals surface area (Å²) in [5.74, 6) is 0.270. The van der Waals surface area contributed by atoms with E-state index in [4.69, 9.17) is 0 Å². The monoisotopic (exact) mass is 209 g/mol. The minimum Gasteiger partial charge on any atom is -0.291 e. The number of aryl methyl sites for hydroxylation is 2. The fourth-order valence-corrected chi connectivity index (χ4v) is 2.94. The average molecular weight is 209 g/mol. The molecule has 0 spiro atoms. The molecule has 0 bridgehead atoms. The lowest BCUT2D eigenvalue weighted by Crippen LogP contribution is -2.07. The summed E-state index contributed by atoms with van der Waals surface area (Å²) in [6.07, 6.45) is 4.67. The van der Waals surface area contributed by atoms with Crippen LogP contribution in [0.25, 0.3) is 0 Å². The second-order valence-electron chi connectivity index (χ2n) is 4.11. The fourth-order valence-electron chi connectivity index (χ4n) is 1.70. The summed E-state index contributed by atoms with van der Waals surface area (Å²) in [6, 6.07) is 0. The van der Waals surface area contributed by atoms with Gasteiger partial charge in [0, 0.05) is 10.8 Å². The third-order valence-electron chi connectivity index (χ3n) is 2.58. The molecule has 2 rings (SSSR count). The van der Waals surface area contributed by atoms with Crippen molar-refractivity contribution in [3.8, 4) is 0 Å². The van der Waals surface area contributed by atoms with Crippen molar-refractivity contribution in [3.05, 3.63) is 15.6 Å². The first-order valence-corrected chi connectivity index (χ1v) is 6.03. The molecule has 0 saturated carbocycles. The van der Waals surface area contributed by atoms with Crippen molar-refractivity contribution in [1.29, 1.82) is 0 Å². The average Bonchev–Trinajstić information content (AvgIpc) is 2.59. The molecule has 0 fully saturated rings. The highest BCUT2D eigenvalue weighted by molar-refractivity contribution is 7.13. The van der Waals surface area contributed by atoms with Gasteiger partial charge in [-0.25, -0.2) is 4.98 Å². The van der Waals surface area contributed by atoms with E-state index in [1.165, 1.54) is 23.4 Å². The minimum absolute atomic E-state index is 0.0719. The number of carbonyl (C=O) groups is 1. The summed E-state index contributed by atoms with van der Waals surface area (Å²) in [5.41, 5.74) is 1.19. The number of ketones is 1. The second-order valence-corrected chi connectivity index (χ2v) is 5.20. The van der Waals surface area contributed by atoms with E-state index in [0.717, 1.165) is 17.8 Å². The maximum atomic E-state index is 11.7. The molecular formula is C11H15NOS. The third kappa shape index (κ3) is 1.73.